The van der Waals surface area contributed by atoms with E-state index in [9.17, 15) is 19.5 Å². The molecule has 1 aliphatic rings. The van der Waals surface area contributed by atoms with Gasteiger partial charge in [-0.15, -0.1) is 0 Å². The number of carboxylic acid groups (broad SMARTS) is 1. The standard InChI is InChI=1S/C25H30N2O6/c1-14(2)21(24(29)30)26-23(28)22(15(3)32-4)27-25(31)33-13-20-18-11-7-5-9-16(18)17-10-6-8-12-19(17)20/h5-12,14-15,20-22H,13H2,1-4H3,(H,26,28)(H,27,31)(H,29,30)/t15?,21-,22?/m1/s1. The maximum atomic E-state index is 12.8. The van der Waals surface area contributed by atoms with Crippen LogP contribution in [0.15, 0.2) is 48.5 Å². The zero-order valence-corrected chi connectivity index (χ0v) is 19.2. The normalized spacial score (nSPS) is 15.2. The molecule has 2 unspecified atom stereocenters. The summed E-state index contributed by atoms with van der Waals surface area (Å²) in [4.78, 5) is 36.8. The van der Waals surface area contributed by atoms with E-state index in [2.05, 4.69) is 10.6 Å². The summed E-state index contributed by atoms with van der Waals surface area (Å²) in [6.07, 6.45) is -1.48. The highest BCUT2D eigenvalue weighted by molar-refractivity contribution is 5.90. The molecule has 0 heterocycles. The summed E-state index contributed by atoms with van der Waals surface area (Å²) in [5.41, 5.74) is 4.38. The van der Waals surface area contributed by atoms with Crippen molar-refractivity contribution in [1.29, 1.82) is 0 Å². The van der Waals surface area contributed by atoms with Crippen molar-refractivity contribution in [3.8, 4) is 11.1 Å². The molecule has 0 saturated carbocycles. The van der Waals surface area contributed by atoms with Gasteiger partial charge in [-0.2, -0.15) is 0 Å². The number of rotatable bonds is 9. The number of methoxy groups -OCH3 is 1. The summed E-state index contributed by atoms with van der Waals surface area (Å²) >= 11 is 0. The molecule has 0 fully saturated rings. The molecule has 0 aliphatic heterocycles. The Morgan fingerprint density at radius 1 is 0.909 bits per heavy atom. The molecule has 3 N–H and O–H groups in total. The van der Waals surface area contributed by atoms with E-state index in [1.807, 2.05) is 48.5 Å². The average molecular weight is 455 g/mol. The highest BCUT2D eigenvalue weighted by Crippen LogP contribution is 2.44. The first kappa shape index (κ1) is 24.3. The Kier molecular flexibility index (Phi) is 7.71. The van der Waals surface area contributed by atoms with Crippen molar-refractivity contribution < 1.29 is 29.0 Å². The monoisotopic (exact) mass is 454 g/mol. The van der Waals surface area contributed by atoms with Crippen LogP contribution < -0.4 is 10.6 Å². The number of carboxylic acids is 1. The zero-order chi connectivity index (χ0) is 24.1. The van der Waals surface area contributed by atoms with Gasteiger partial charge in [0.2, 0.25) is 5.91 Å². The van der Waals surface area contributed by atoms with Crippen LogP contribution in [-0.2, 0) is 19.1 Å². The summed E-state index contributed by atoms with van der Waals surface area (Å²) in [5, 5.41) is 14.4. The minimum atomic E-state index is -1.15. The van der Waals surface area contributed by atoms with Gasteiger partial charge in [-0.05, 0) is 35.1 Å². The maximum Gasteiger partial charge on any atom is 0.407 e. The Labute approximate surface area is 193 Å². The fourth-order valence-corrected chi connectivity index (χ4v) is 4.06. The third-order valence-corrected chi connectivity index (χ3v) is 5.97. The van der Waals surface area contributed by atoms with Crippen molar-refractivity contribution in [1.82, 2.24) is 10.6 Å². The van der Waals surface area contributed by atoms with E-state index in [1.165, 1.54) is 7.11 Å². The summed E-state index contributed by atoms with van der Waals surface area (Å²) in [6, 6.07) is 13.8. The van der Waals surface area contributed by atoms with Gasteiger partial charge in [0.25, 0.3) is 0 Å². The van der Waals surface area contributed by atoms with Crippen LogP contribution in [0.1, 0.15) is 37.8 Å². The molecule has 0 bridgehead atoms. The van der Waals surface area contributed by atoms with Gasteiger partial charge < -0.3 is 25.2 Å². The van der Waals surface area contributed by atoms with Crippen molar-refractivity contribution in [2.24, 2.45) is 5.92 Å². The van der Waals surface area contributed by atoms with E-state index < -0.39 is 36.2 Å². The first-order chi connectivity index (χ1) is 15.7. The molecule has 33 heavy (non-hydrogen) atoms. The predicted octanol–water partition coefficient (Wildman–Crippen LogP) is 3.15. The molecule has 2 aromatic carbocycles. The summed E-state index contributed by atoms with van der Waals surface area (Å²) < 4.78 is 10.7. The van der Waals surface area contributed by atoms with Gasteiger partial charge in [0.15, 0.2) is 0 Å². The summed E-state index contributed by atoms with van der Waals surface area (Å²) in [6.45, 7) is 5.08. The molecule has 2 amide bonds. The van der Waals surface area contributed by atoms with Crippen LogP contribution in [-0.4, -0.2) is 55.0 Å². The van der Waals surface area contributed by atoms with Gasteiger partial charge in [0.05, 0.1) is 6.10 Å². The zero-order valence-electron chi connectivity index (χ0n) is 19.2. The SMILES string of the molecule is COC(C)C(NC(=O)OCC1c2ccccc2-c2ccccc21)C(=O)N[C@@H](C(=O)O)C(C)C. The predicted molar refractivity (Wildman–Crippen MR) is 123 cm³/mol. The van der Waals surface area contributed by atoms with Gasteiger partial charge >= 0.3 is 12.1 Å². The number of benzene rings is 2. The minimum Gasteiger partial charge on any atom is -0.480 e. The van der Waals surface area contributed by atoms with E-state index in [-0.39, 0.29) is 18.4 Å². The van der Waals surface area contributed by atoms with Crippen molar-refractivity contribution in [3.63, 3.8) is 0 Å². The average Bonchev–Trinajstić information content (AvgIpc) is 3.12. The second-order valence-corrected chi connectivity index (χ2v) is 8.46. The Morgan fingerprint density at radius 2 is 1.45 bits per heavy atom. The molecule has 0 radical (unpaired) electrons. The number of carbonyl (C=O) groups excluding carboxylic acids is 2. The van der Waals surface area contributed by atoms with Crippen LogP contribution in [0.3, 0.4) is 0 Å². The number of fused-ring (bicyclic) bond motifs is 3. The minimum absolute atomic E-state index is 0.0965. The third-order valence-electron chi connectivity index (χ3n) is 5.97. The first-order valence-corrected chi connectivity index (χ1v) is 10.9. The quantitative estimate of drug-likeness (QED) is 0.536. The summed E-state index contributed by atoms with van der Waals surface area (Å²) in [7, 11) is 1.40. The molecule has 8 nitrogen and oxygen atoms in total. The molecule has 0 saturated heterocycles. The molecule has 8 heteroatoms. The number of hydrogen-bond donors (Lipinski definition) is 3. The van der Waals surface area contributed by atoms with Crippen molar-refractivity contribution in [2.45, 2.75) is 44.9 Å². The van der Waals surface area contributed by atoms with Crippen molar-refractivity contribution in [2.75, 3.05) is 13.7 Å². The van der Waals surface area contributed by atoms with Gasteiger partial charge in [-0.25, -0.2) is 9.59 Å². The van der Waals surface area contributed by atoms with Crippen LogP contribution in [0.2, 0.25) is 0 Å². The Morgan fingerprint density at radius 3 is 1.94 bits per heavy atom. The molecule has 1 aliphatic carbocycles. The highest BCUT2D eigenvalue weighted by atomic mass is 16.5. The highest BCUT2D eigenvalue weighted by Gasteiger charge is 2.33. The number of alkyl carbamates (subject to hydrolysis) is 1. The lowest BCUT2D eigenvalue weighted by Crippen LogP contribution is -2.57. The number of nitrogens with one attached hydrogen (secondary N) is 2. The largest absolute Gasteiger partial charge is 0.480 e. The number of carbonyl (C=O) groups is 3. The lowest BCUT2D eigenvalue weighted by Gasteiger charge is -2.26. The van der Waals surface area contributed by atoms with Crippen LogP contribution in [0.4, 0.5) is 4.79 Å². The van der Waals surface area contributed by atoms with Gasteiger partial charge in [-0.1, -0.05) is 62.4 Å². The van der Waals surface area contributed by atoms with Crippen molar-refractivity contribution >= 4 is 18.0 Å². The van der Waals surface area contributed by atoms with Gasteiger partial charge in [-0.3, -0.25) is 4.79 Å². The second kappa shape index (κ2) is 10.5. The number of aliphatic carboxylic acids is 1. The van der Waals surface area contributed by atoms with E-state index >= 15 is 0 Å². The Balaban J connectivity index is 1.69. The Hall–Kier alpha value is -3.39. The van der Waals surface area contributed by atoms with Crippen LogP contribution in [0, 0.1) is 5.92 Å². The fraction of sp³-hybridized carbons (Fsp3) is 0.400. The van der Waals surface area contributed by atoms with Crippen LogP contribution in [0.25, 0.3) is 11.1 Å². The first-order valence-electron chi connectivity index (χ1n) is 10.9. The molecular formula is C25H30N2O6. The molecule has 2 aromatic rings. The van der Waals surface area contributed by atoms with Crippen molar-refractivity contribution in [3.05, 3.63) is 59.7 Å². The smallest absolute Gasteiger partial charge is 0.407 e. The topological polar surface area (TPSA) is 114 Å². The molecule has 0 spiro atoms. The lowest BCUT2D eigenvalue weighted by atomic mass is 9.98. The molecule has 3 rings (SSSR count). The van der Waals surface area contributed by atoms with Crippen LogP contribution >= 0.6 is 0 Å². The second-order valence-electron chi connectivity index (χ2n) is 8.46. The number of amides is 2. The van der Waals surface area contributed by atoms with Gasteiger partial charge in [0.1, 0.15) is 18.7 Å². The Bertz CT molecular complexity index is 976. The van der Waals surface area contributed by atoms with E-state index in [1.54, 1.807) is 20.8 Å². The van der Waals surface area contributed by atoms with Gasteiger partial charge in [0, 0.05) is 13.0 Å². The maximum absolute atomic E-state index is 12.8. The molecule has 176 valence electrons. The van der Waals surface area contributed by atoms with Crippen LogP contribution in [0.5, 0.6) is 0 Å². The summed E-state index contributed by atoms with van der Waals surface area (Å²) in [5.74, 6) is -2.26. The van der Waals surface area contributed by atoms with E-state index in [0.29, 0.717) is 0 Å². The van der Waals surface area contributed by atoms with E-state index in [4.69, 9.17) is 9.47 Å². The fourth-order valence-electron chi connectivity index (χ4n) is 4.06. The molecule has 0 aromatic heterocycles. The molecule has 3 atom stereocenters. The number of ether oxygens (including phenoxy) is 2. The lowest BCUT2D eigenvalue weighted by molar-refractivity contribution is -0.144. The third kappa shape index (κ3) is 5.34. The number of hydrogen-bond acceptors (Lipinski definition) is 5. The van der Waals surface area contributed by atoms with E-state index in [0.717, 1.165) is 22.3 Å². The molecular weight excluding hydrogens is 424 g/mol.